The number of amides is 1. The molecular weight excluding hydrogens is 358 g/mol. The van der Waals surface area contributed by atoms with Crippen LogP contribution in [0.2, 0.25) is 5.02 Å². The Labute approximate surface area is 155 Å². The number of benzene rings is 1. The molecule has 0 spiro atoms. The zero-order valence-corrected chi connectivity index (χ0v) is 14.9. The first-order valence-corrected chi connectivity index (χ1v) is 8.40. The maximum atomic E-state index is 11.7. The molecule has 1 saturated heterocycles. The number of anilines is 3. The summed E-state index contributed by atoms with van der Waals surface area (Å²) in [5, 5.41) is 3.56. The van der Waals surface area contributed by atoms with Crippen LogP contribution in [-0.4, -0.2) is 60.5 Å². The fourth-order valence-electron chi connectivity index (χ4n) is 2.60. The highest BCUT2D eigenvalue weighted by atomic mass is 35.5. The van der Waals surface area contributed by atoms with E-state index < -0.39 is 5.97 Å². The molecule has 2 heterocycles. The molecule has 0 unspecified atom stereocenters. The van der Waals surface area contributed by atoms with Crippen molar-refractivity contribution >= 4 is 41.4 Å². The Bertz CT molecular complexity index is 809. The van der Waals surface area contributed by atoms with Crippen molar-refractivity contribution in [2.45, 2.75) is 0 Å². The van der Waals surface area contributed by atoms with Crippen LogP contribution >= 0.6 is 11.6 Å². The van der Waals surface area contributed by atoms with Gasteiger partial charge in [0.15, 0.2) is 0 Å². The summed E-state index contributed by atoms with van der Waals surface area (Å²) in [6.07, 6.45) is 2.50. The van der Waals surface area contributed by atoms with Crippen molar-refractivity contribution in [3.63, 3.8) is 0 Å². The van der Waals surface area contributed by atoms with Crippen LogP contribution in [0, 0.1) is 0 Å². The molecule has 26 heavy (non-hydrogen) atoms. The fraction of sp³-hybridized carbons (Fsp3) is 0.294. The number of carbonyl (C=O) groups excluding carboxylic acids is 2. The van der Waals surface area contributed by atoms with Gasteiger partial charge < -0.3 is 19.9 Å². The number of carbonyl (C=O) groups is 2. The Morgan fingerprint density at radius 1 is 1.27 bits per heavy atom. The highest BCUT2D eigenvalue weighted by molar-refractivity contribution is 6.33. The van der Waals surface area contributed by atoms with Crippen molar-refractivity contribution in [3.8, 4) is 0 Å². The van der Waals surface area contributed by atoms with Crippen LogP contribution in [0.4, 0.5) is 17.5 Å². The first kappa shape index (κ1) is 17.9. The van der Waals surface area contributed by atoms with Gasteiger partial charge in [0, 0.05) is 32.4 Å². The number of methoxy groups -OCH3 is 1. The smallest absolute Gasteiger partial charge is 0.337 e. The zero-order valence-electron chi connectivity index (χ0n) is 14.2. The average Bonchev–Trinajstić information content (AvgIpc) is 2.69. The van der Waals surface area contributed by atoms with Crippen LogP contribution in [0.15, 0.2) is 30.5 Å². The summed E-state index contributed by atoms with van der Waals surface area (Å²) in [5.41, 5.74) is 0.934. The minimum atomic E-state index is -0.443. The first-order valence-electron chi connectivity index (χ1n) is 8.03. The summed E-state index contributed by atoms with van der Waals surface area (Å²) in [7, 11) is 1.32. The second kappa shape index (κ2) is 8.01. The molecule has 1 aliphatic heterocycles. The zero-order chi connectivity index (χ0) is 18.5. The molecule has 1 aliphatic rings. The Hall–Kier alpha value is -2.87. The van der Waals surface area contributed by atoms with E-state index in [0.717, 1.165) is 6.41 Å². The molecule has 3 rings (SSSR count). The van der Waals surface area contributed by atoms with Crippen molar-refractivity contribution in [2.75, 3.05) is 43.5 Å². The van der Waals surface area contributed by atoms with Crippen LogP contribution in [0.5, 0.6) is 0 Å². The van der Waals surface area contributed by atoms with Gasteiger partial charge in [-0.2, -0.15) is 4.98 Å². The van der Waals surface area contributed by atoms with E-state index in [0.29, 0.717) is 54.2 Å². The predicted octanol–water partition coefficient (Wildman–Crippen LogP) is 1.94. The number of halogens is 1. The third-order valence-electron chi connectivity index (χ3n) is 4.04. The maximum absolute atomic E-state index is 11.7. The predicted molar refractivity (Wildman–Crippen MR) is 98.0 cm³/mol. The summed E-state index contributed by atoms with van der Waals surface area (Å²) in [4.78, 5) is 35.0. The summed E-state index contributed by atoms with van der Waals surface area (Å²) >= 11 is 6.21. The minimum absolute atomic E-state index is 0.388. The molecule has 1 aromatic heterocycles. The Kier molecular flexibility index (Phi) is 5.52. The molecule has 1 aromatic carbocycles. The van der Waals surface area contributed by atoms with Crippen molar-refractivity contribution in [1.82, 2.24) is 14.9 Å². The number of rotatable bonds is 5. The normalized spacial score (nSPS) is 14.1. The van der Waals surface area contributed by atoms with E-state index in [2.05, 4.69) is 15.3 Å². The van der Waals surface area contributed by atoms with Gasteiger partial charge in [0.1, 0.15) is 5.82 Å². The SMILES string of the molecule is COC(=O)c1ccc(Cl)c(Nc2ccnc(N3CCN(C=O)CC3)n2)c1. The number of hydrogen-bond donors (Lipinski definition) is 1. The van der Waals surface area contributed by atoms with Gasteiger partial charge in [-0.05, 0) is 24.3 Å². The molecule has 136 valence electrons. The van der Waals surface area contributed by atoms with Gasteiger partial charge in [0.25, 0.3) is 0 Å². The summed E-state index contributed by atoms with van der Waals surface area (Å²) in [6.45, 7) is 2.61. The average molecular weight is 376 g/mol. The van der Waals surface area contributed by atoms with Crippen LogP contribution < -0.4 is 10.2 Å². The van der Waals surface area contributed by atoms with Crippen LogP contribution in [0.25, 0.3) is 0 Å². The molecule has 8 nitrogen and oxygen atoms in total. The van der Waals surface area contributed by atoms with E-state index in [1.807, 2.05) is 4.90 Å². The molecule has 0 radical (unpaired) electrons. The van der Waals surface area contributed by atoms with Crippen LogP contribution in [-0.2, 0) is 9.53 Å². The number of aromatic nitrogens is 2. The van der Waals surface area contributed by atoms with Gasteiger partial charge in [-0.15, -0.1) is 0 Å². The molecule has 2 aromatic rings. The second-order valence-electron chi connectivity index (χ2n) is 5.68. The number of piperazine rings is 1. The quantitative estimate of drug-likeness (QED) is 0.631. The lowest BCUT2D eigenvalue weighted by atomic mass is 10.2. The Morgan fingerprint density at radius 2 is 2.04 bits per heavy atom. The number of hydrogen-bond acceptors (Lipinski definition) is 7. The highest BCUT2D eigenvalue weighted by Gasteiger charge is 2.18. The summed E-state index contributed by atoms with van der Waals surface area (Å²) in [5.74, 6) is 0.679. The number of esters is 1. The molecule has 0 bridgehead atoms. The first-order chi connectivity index (χ1) is 12.6. The summed E-state index contributed by atoms with van der Waals surface area (Å²) in [6, 6.07) is 6.54. The minimum Gasteiger partial charge on any atom is -0.465 e. The van der Waals surface area contributed by atoms with E-state index >= 15 is 0 Å². The van der Waals surface area contributed by atoms with Crippen LogP contribution in [0.3, 0.4) is 0 Å². The molecule has 1 N–H and O–H groups in total. The fourth-order valence-corrected chi connectivity index (χ4v) is 2.77. The lowest BCUT2D eigenvalue weighted by Crippen LogP contribution is -2.46. The molecule has 1 amide bonds. The van der Waals surface area contributed by atoms with Crippen LogP contribution in [0.1, 0.15) is 10.4 Å². The third-order valence-corrected chi connectivity index (χ3v) is 4.37. The van der Waals surface area contributed by atoms with Gasteiger partial charge >= 0.3 is 5.97 Å². The van der Waals surface area contributed by atoms with E-state index in [1.54, 1.807) is 35.4 Å². The standard InChI is InChI=1S/C17H18ClN5O3/c1-26-16(25)12-2-3-13(18)14(10-12)20-15-4-5-19-17(21-15)23-8-6-22(11-24)7-9-23/h2-5,10-11H,6-9H2,1H3,(H,19,20,21). The number of ether oxygens (including phenoxy) is 1. The van der Waals surface area contributed by atoms with E-state index in [4.69, 9.17) is 16.3 Å². The van der Waals surface area contributed by atoms with Crippen molar-refractivity contribution in [1.29, 1.82) is 0 Å². The van der Waals surface area contributed by atoms with Gasteiger partial charge in [-0.25, -0.2) is 9.78 Å². The molecule has 1 fully saturated rings. The number of nitrogens with one attached hydrogen (secondary N) is 1. The highest BCUT2D eigenvalue weighted by Crippen LogP contribution is 2.26. The van der Waals surface area contributed by atoms with Gasteiger partial charge in [-0.3, -0.25) is 4.79 Å². The van der Waals surface area contributed by atoms with E-state index in [1.165, 1.54) is 7.11 Å². The van der Waals surface area contributed by atoms with Gasteiger partial charge in [-0.1, -0.05) is 11.6 Å². The topological polar surface area (TPSA) is 87.7 Å². The van der Waals surface area contributed by atoms with Gasteiger partial charge in [0.2, 0.25) is 12.4 Å². The lowest BCUT2D eigenvalue weighted by Gasteiger charge is -2.32. The molecule has 0 saturated carbocycles. The van der Waals surface area contributed by atoms with Crippen molar-refractivity contribution in [2.24, 2.45) is 0 Å². The van der Waals surface area contributed by atoms with Gasteiger partial charge in [0.05, 0.1) is 23.4 Å². The Morgan fingerprint density at radius 3 is 2.73 bits per heavy atom. The monoisotopic (exact) mass is 375 g/mol. The largest absolute Gasteiger partial charge is 0.465 e. The summed E-state index contributed by atoms with van der Waals surface area (Å²) < 4.78 is 4.73. The maximum Gasteiger partial charge on any atom is 0.337 e. The lowest BCUT2D eigenvalue weighted by molar-refractivity contribution is -0.118. The van der Waals surface area contributed by atoms with E-state index in [9.17, 15) is 9.59 Å². The number of nitrogens with zero attached hydrogens (tertiary/aromatic N) is 4. The second-order valence-corrected chi connectivity index (χ2v) is 6.09. The Balaban J connectivity index is 1.77. The molecule has 9 heteroatoms. The van der Waals surface area contributed by atoms with E-state index in [-0.39, 0.29) is 0 Å². The van der Waals surface area contributed by atoms with Crippen molar-refractivity contribution < 1.29 is 14.3 Å². The molecule has 0 atom stereocenters. The molecular formula is C17H18ClN5O3. The third kappa shape index (κ3) is 4.02. The molecule has 0 aliphatic carbocycles. The van der Waals surface area contributed by atoms with Crippen molar-refractivity contribution in [3.05, 3.63) is 41.0 Å².